The average molecular weight is 309 g/mol. The smallest absolute Gasteiger partial charge is 0.328 e. The van der Waals surface area contributed by atoms with Gasteiger partial charge in [0.15, 0.2) is 0 Å². The molecular formula is C18H31NO3. The molecule has 0 aromatic carbocycles. The Balaban J connectivity index is 4.73. The van der Waals surface area contributed by atoms with Crippen LogP contribution in [-0.2, 0) is 14.3 Å². The van der Waals surface area contributed by atoms with E-state index in [1.165, 1.54) is 7.11 Å². The van der Waals surface area contributed by atoms with Crippen molar-refractivity contribution < 1.29 is 14.3 Å². The molecule has 0 aliphatic heterocycles. The van der Waals surface area contributed by atoms with Crippen molar-refractivity contribution in [2.24, 2.45) is 11.8 Å². The number of methoxy groups -OCH3 is 1. The first-order valence-corrected chi connectivity index (χ1v) is 8.06. The van der Waals surface area contributed by atoms with E-state index in [1.54, 1.807) is 0 Å². The summed E-state index contributed by atoms with van der Waals surface area (Å²) in [6, 6.07) is -0.567. The number of unbranched alkanes of at least 4 members (excludes halogenated alkanes) is 1. The van der Waals surface area contributed by atoms with E-state index in [0.29, 0.717) is 12.3 Å². The van der Waals surface area contributed by atoms with Crippen molar-refractivity contribution in [3.05, 3.63) is 25.3 Å². The monoisotopic (exact) mass is 309 g/mol. The van der Waals surface area contributed by atoms with E-state index in [-0.39, 0.29) is 17.8 Å². The summed E-state index contributed by atoms with van der Waals surface area (Å²) in [6.45, 7) is 11.4. The molecule has 0 heterocycles. The first-order chi connectivity index (χ1) is 10.5. The maximum Gasteiger partial charge on any atom is 0.328 e. The molecule has 0 bridgehead atoms. The number of nitrogens with one attached hydrogen (secondary N) is 1. The number of rotatable bonds is 12. The van der Waals surface area contributed by atoms with Crippen LogP contribution in [0, 0.1) is 11.8 Å². The molecule has 0 saturated carbocycles. The first-order valence-electron chi connectivity index (χ1n) is 8.06. The van der Waals surface area contributed by atoms with Gasteiger partial charge in [-0.05, 0) is 44.4 Å². The number of ether oxygens (including phenoxy) is 1. The van der Waals surface area contributed by atoms with Gasteiger partial charge in [0.1, 0.15) is 6.04 Å². The number of carbonyl (C=O) groups is 2. The van der Waals surface area contributed by atoms with E-state index < -0.39 is 6.04 Å². The minimum atomic E-state index is -0.567. The van der Waals surface area contributed by atoms with Gasteiger partial charge >= 0.3 is 5.97 Å². The van der Waals surface area contributed by atoms with Crippen LogP contribution in [0.3, 0.4) is 0 Å². The fourth-order valence-electron chi connectivity index (χ4n) is 2.35. The molecule has 1 amide bonds. The number of allylic oxidation sites excluding steroid dienone is 2. The lowest BCUT2D eigenvalue weighted by molar-refractivity contribution is -0.146. The molecule has 0 aliphatic carbocycles. The Morgan fingerprint density at radius 3 is 2.27 bits per heavy atom. The van der Waals surface area contributed by atoms with Gasteiger partial charge in [-0.15, -0.1) is 13.2 Å². The Kier molecular flexibility index (Phi) is 11.2. The maximum absolute atomic E-state index is 12.5. The van der Waals surface area contributed by atoms with Crippen LogP contribution in [0.5, 0.6) is 0 Å². The Morgan fingerprint density at radius 2 is 1.77 bits per heavy atom. The van der Waals surface area contributed by atoms with Crippen molar-refractivity contribution in [2.45, 2.75) is 58.4 Å². The Morgan fingerprint density at radius 1 is 1.14 bits per heavy atom. The molecule has 0 aliphatic rings. The number of hydrogen-bond donors (Lipinski definition) is 1. The summed E-state index contributed by atoms with van der Waals surface area (Å²) < 4.78 is 4.79. The highest BCUT2D eigenvalue weighted by Gasteiger charge is 2.26. The van der Waals surface area contributed by atoms with E-state index in [1.807, 2.05) is 26.0 Å². The topological polar surface area (TPSA) is 55.4 Å². The van der Waals surface area contributed by atoms with Crippen LogP contribution < -0.4 is 5.32 Å². The summed E-state index contributed by atoms with van der Waals surface area (Å²) in [5, 5.41) is 2.86. The molecule has 0 aromatic rings. The van der Waals surface area contributed by atoms with Crippen LogP contribution in [0.2, 0.25) is 0 Å². The van der Waals surface area contributed by atoms with Crippen molar-refractivity contribution >= 4 is 11.9 Å². The molecule has 0 saturated heterocycles. The number of amides is 1. The Bertz CT molecular complexity index is 363. The van der Waals surface area contributed by atoms with E-state index in [0.717, 1.165) is 32.1 Å². The van der Waals surface area contributed by atoms with Crippen LogP contribution in [0.25, 0.3) is 0 Å². The molecule has 126 valence electrons. The Labute approximate surface area is 135 Å². The summed E-state index contributed by atoms with van der Waals surface area (Å²) in [4.78, 5) is 24.3. The molecule has 0 radical (unpaired) electrons. The summed E-state index contributed by atoms with van der Waals surface area (Å²) in [5.41, 5.74) is 0. The van der Waals surface area contributed by atoms with Gasteiger partial charge in [0.25, 0.3) is 0 Å². The van der Waals surface area contributed by atoms with Crippen molar-refractivity contribution in [1.82, 2.24) is 5.32 Å². The zero-order valence-corrected chi connectivity index (χ0v) is 14.3. The average Bonchev–Trinajstić information content (AvgIpc) is 2.48. The standard InChI is InChI=1S/C18H31NO3/c1-6-8-10-12-15(11-9-7-2)17(20)19-16(13-14(3)4)18(21)22-5/h6-7,14-16H,1-2,8-13H2,3-5H3,(H,19,20)/t15?,16-/m1/s1. The number of esters is 1. The molecule has 22 heavy (non-hydrogen) atoms. The molecule has 4 nitrogen and oxygen atoms in total. The summed E-state index contributed by atoms with van der Waals surface area (Å²) >= 11 is 0. The van der Waals surface area contributed by atoms with Gasteiger partial charge in [0, 0.05) is 5.92 Å². The van der Waals surface area contributed by atoms with Crippen LogP contribution in [0.15, 0.2) is 25.3 Å². The van der Waals surface area contributed by atoms with Gasteiger partial charge < -0.3 is 10.1 Å². The molecule has 1 unspecified atom stereocenters. The van der Waals surface area contributed by atoms with Crippen molar-refractivity contribution in [3.63, 3.8) is 0 Å². The van der Waals surface area contributed by atoms with Crippen LogP contribution in [-0.4, -0.2) is 25.0 Å². The molecule has 4 heteroatoms. The van der Waals surface area contributed by atoms with Gasteiger partial charge in [0.2, 0.25) is 5.91 Å². The number of hydrogen-bond acceptors (Lipinski definition) is 3. The second-order valence-electron chi connectivity index (χ2n) is 6.00. The highest BCUT2D eigenvalue weighted by Crippen LogP contribution is 2.17. The molecular weight excluding hydrogens is 278 g/mol. The summed E-state index contributed by atoms with van der Waals surface area (Å²) in [6.07, 6.45) is 8.41. The van der Waals surface area contributed by atoms with E-state index in [9.17, 15) is 9.59 Å². The van der Waals surface area contributed by atoms with Gasteiger partial charge in [-0.3, -0.25) is 4.79 Å². The summed E-state index contributed by atoms with van der Waals surface area (Å²) in [5.74, 6) is -0.244. The lowest BCUT2D eigenvalue weighted by atomic mass is 9.94. The molecule has 1 N–H and O–H groups in total. The molecule has 2 atom stereocenters. The molecule has 0 fully saturated rings. The summed E-state index contributed by atoms with van der Waals surface area (Å²) in [7, 11) is 1.35. The zero-order valence-electron chi connectivity index (χ0n) is 14.3. The van der Waals surface area contributed by atoms with E-state index in [2.05, 4.69) is 18.5 Å². The van der Waals surface area contributed by atoms with Crippen molar-refractivity contribution in [1.29, 1.82) is 0 Å². The van der Waals surface area contributed by atoms with Crippen molar-refractivity contribution in [3.8, 4) is 0 Å². The second kappa shape index (κ2) is 12.0. The van der Waals surface area contributed by atoms with Crippen LogP contribution in [0.1, 0.15) is 52.4 Å². The minimum absolute atomic E-state index is 0.0676. The SMILES string of the molecule is C=CCCCC(CCC=C)C(=O)N[C@H](CC(C)C)C(=O)OC. The second-order valence-corrected chi connectivity index (χ2v) is 6.00. The Hall–Kier alpha value is -1.58. The number of carbonyl (C=O) groups excluding carboxylic acids is 2. The highest BCUT2D eigenvalue weighted by molar-refractivity contribution is 5.85. The van der Waals surface area contributed by atoms with Crippen molar-refractivity contribution in [2.75, 3.05) is 7.11 Å². The van der Waals surface area contributed by atoms with E-state index in [4.69, 9.17) is 4.74 Å². The first kappa shape index (κ1) is 20.4. The minimum Gasteiger partial charge on any atom is -0.467 e. The molecule has 0 spiro atoms. The lowest BCUT2D eigenvalue weighted by Gasteiger charge is -2.22. The quantitative estimate of drug-likeness (QED) is 0.340. The van der Waals surface area contributed by atoms with Crippen LogP contribution >= 0.6 is 0 Å². The van der Waals surface area contributed by atoms with Gasteiger partial charge in [-0.1, -0.05) is 26.0 Å². The van der Waals surface area contributed by atoms with Gasteiger partial charge in [-0.2, -0.15) is 0 Å². The zero-order chi connectivity index (χ0) is 17.0. The predicted octanol–water partition coefficient (Wildman–Crippen LogP) is 3.63. The third kappa shape index (κ3) is 8.65. The fraction of sp³-hybridized carbons (Fsp3) is 0.667. The predicted molar refractivity (Wildman–Crippen MR) is 90.4 cm³/mol. The lowest BCUT2D eigenvalue weighted by Crippen LogP contribution is -2.45. The maximum atomic E-state index is 12.5. The fourth-order valence-corrected chi connectivity index (χ4v) is 2.35. The molecule has 0 aromatic heterocycles. The van der Waals surface area contributed by atoms with E-state index >= 15 is 0 Å². The van der Waals surface area contributed by atoms with Gasteiger partial charge in [-0.25, -0.2) is 4.79 Å². The third-order valence-electron chi connectivity index (χ3n) is 3.56. The van der Waals surface area contributed by atoms with Gasteiger partial charge in [0.05, 0.1) is 7.11 Å². The van der Waals surface area contributed by atoms with Crippen LogP contribution in [0.4, 0.5) is 0 Å². The molecule has 0 rings (SSSR count). The normalized spacial score (nSPS) is 13.3. The largest absolute Gasteiger partial charge is 0.467 e. The third-order valence-corrected chi connectivity index (χ3v) is 3.56. The highest BCUT2D eigenvalue weighted by atomic mass is 16.5.